The molecule has 0 saturated carbocycles. The van der Waals surface area contributed by atoms with Crippen LogP contribution >= 0.6 is 15.9 Å². The minimum Gasteiger partial charge on any atom is -0.477 e. The van der Waals surface area contributed by atoms with Crippen LogP contribution in [0.2, 0.25) is 0 Å². The summed E-state index contributed by atoms with van der Waals surface area (Å²) in [6, 6.07) is 13.1. The number of benzene rings is 2. The molecule has 0 amide bonds. The van der Waals surface area contributed by atoms with Gasteiger partial charge >= 0.3 is 5.97 Å². The maximum Gasteiger partial charge on any atom is 0.340 e. The van der Waals surface area contributed by atoms with Crippen molar-refractivity contribution in [3.8, 4) is 5.75 Å². The standard InChI is InChI=1S/C28H34BrN3O3/c1-4-34-28(33)26-24(17-31-13-9-8-10-19(31)2)32(15-20-11-6-5-7-12-20)23-14-22(29)27-21(25(23)26)16-30(3)18-35-27/h5-7,11-12,14,19H,4,8-10,13,15-18H2,1-3H3. The largest absolute Gasteiger partial charge is 0.477 e. The van der Waals surface area contributed by atoms with Crippen molar-refractivity contribution >= 4 is 32.8 Å². The van der Waals surface area contributed by atoms with Crippen LogP contribution in [-0.2, 0) is 24.4 Å². The Morgan fingerprint density at radius 2 is 2.00 bits per heavy atom. The molecule has 1 saturated heterocycles. The Morgan fingerprint density at radius 1 is 1.20 bits per heavy atom. The smallest absolute Gasteiger partial charge is 0.340 e. The normalized spacial score (nSPS) is 18.9. The molecule has 0 spiro atoms. The van der Waals surface area contributed by atoms with Gasteiger partial charge in [-0.25, -0.2) is 4.79 Å². The van der Waals surface area contributed by atoms with E-state index in [4.69, 9.17) is 9.47 Å². The molecule has 7 heteroatoms. The third-order valence-electron chi connectivity index (χ3n) is 7.28. The predicted molar refractivity (Wildman–Crippen MR) is 142 cm³/mol. The zero-order chi connectivity index (χ0) is 24.5. The molecule has 3 aromatic rings. The fraction of sp³-hybridized carbons (Fsp3) is 0.464. The molecule has 186 valence electrons. The van der Waals surface area contributed by atoms with Gasteiger partial charge in [-0.3, -0.25) is 9.80 Å². The lowest BCUT2D eigenvalue weighted by Gasteiger charge is -2.33. The molecule has 0 radical (unpaired) electrons. The van der Waals surface area contributed by atoms with Gasteiger partial charge in [0.2, 0.25) is 0 Å². The Morgan fingerprint density at radius 3 is 2.74 bits per heavy atom. The molecule has 6 nitrogen and oxygen atoms in total. The van der Waals surface area contributed by atoms with Crippen LogP contribution in [0.1, 0.15) is 60.3 Å². The minimum atomic E-state index is -0.248. The van der Waals surface area contributed by atoms with Crippen LogP contribution in [-0.4, -0.2) is 53.3 Å². The van der Waals surface area contributed by atoms with Crippen molar-refractivity contribution in [3.05, 3.63) is 63.3 Å². The Balaban J connectivity index is 1.77. The van der Waals surface area contributed by atoms with E-state index < -0.39 is 0 Å². The van der Waals surface area contributed by atoms with Crippen LogP contribution in [0.25, 0.3) is 10.9 Å². The van der Waals surface area contributed by atoms with Crippen molar-refractivity contribution in [1.29, 1.82) is 0 Å². The third kappa shape index (κ3) is 4.74. The first-order chi connectivity index (χ1) is 17.0. The van der Waals surface area contributed by atoms with Gasteiger partial charge in [0.05, 0.1) is 22.2 Å². The SMILES string of the molecule is CCOC(=O)c1c(CN2CCCCC2C)n(Cc2ccccc2)c2cc(Br)c3c(c12)CN(C)CO3. The zero-order valence-corrected chi connectivity index (χ0v) is 22.4. The van der Waals surface area contributed by atoms with Crippen LogP contribution in [0.4, 0.5) is 0 Å². The van der Waals surface area contributed by atoms with E-state index in [0.717, 1.165) is 45.5 Å². The Kier molecular flexibility index (Phi) is 7.19. The monoisotopic (exact) mass is 539 g/mol. The number of carbonyl (C=O) groups excluding carboxylic acids is 1. The summed E-state index contributed by atoms with van der Waals surface area (Å²) in [7, 11) is 2.04. The van der Waals surface area contributed by atoms with Crippen LogP contribution in [0, 0.1) is 0 Å². The van der Waals surface area contributed by atoms with Gasteiger partial charge in [-0.15, -0.1) is 0 Å². The minimum absolute atomic E-state index is 0.248. The summed E-state index contributed by atoms with van der Waals surface area (Å²) in [5.41, 5.74) is 5.02. The van der Waals surface area contributed by atoms with Crippen molar-refractivity contribution < 1.29 is 14.3 Å². The van der Waals surface area contributed by atoms with Crippen molar-refractivity contribution in [2.24, 2.45) is 0 Å². The lowest BCUT2D eigenvalue weighted by Crippen LogP contribution is -2.37. The second-order valence-electron chi connectivity index (χ2n) is 9.78. The van der Waals surface area contributed by atoms with E-state index in [2.05, 4.69) is 67.6 Å². The van der Waals surface area contributed by atoms with E-state index in [-0.39, 0.29) is 5.97 Å². The molecule has 1 atom stereocenters. The van der Waals surface area contributed by atoms with Crippen molar-refractivity contribution in [3.63, 3.8) is 0 Å². The number of fused-ring (bicyclic) bond motifs is 3. The lowest BCUT2D eigenvalue weighted by atomic mass is 10.0. The van der Waals surface area contributed by atoms with E-state index in [0.29, 0.717) is 38.0 Å². The molecule has 5 rings (SSSR count). The van der Waals surface area contributed by atoms with Crippen molar-refractivity contribution in [2.45, 2.75) is 58.8 Å². The van der Waals surface area contributed by atoms with Crippen molar-refractivity contribution in [2.75, 3.05) is 26.9 Å². The fourth-order valence-electron chi connectivity index (χ4n) is 5.50. The molecule has 35 heavy (non-hydrogen) atoms. The first-order valence-electron chi connectivity index (χ1n) is 12.6. The Labute approximate surface area is 215 Å². The van der Waals surface area contributed by atoms with Crippen LogP contribution < -0.4 is 4.74 Å². The van der Waals surface area contributed by atoms with E-state index in [1.54, 1.807) is 0 Å². The second kappa shape index (κ2) is 10.3. The number of hydrogen-bond donors (Lipinski definition) is 0. The number of aromatic nitrogens is 1. The molecule has 1 unspecified atom stereocenters. The number of hydrogen-bond acceptors (Lipinski definition) is 5. The van der Waals surface area contributed by atoms with Crippen LogP contribution in [0.5, 0.6) is 5.75 Å². The maximum absolute atomic E-state index is 13.6. The highest BCUT2D eigenvalue weighted by Gasteiger charge is 2.32. The summed E-state index contributed by atoms with van der Waals surface area (Å²) < 4.78 is 15.0. The van der Waals surface area contributed by atoms with Crippen LogP contribution in [0.3, 0.4) is 0 Å². The molecule has 2 aromatic carbocycles. The Bertz CT molecular complexity index is 1220. The molecule has 0 bridgehead atoms. The molecule has 2 aliphatic rings. The van der Waals surface area contributed by atoms with E-state index in [1.165, 1.54) is 24.8 Å². The molecule has 3 heterocycles. The number of likely N-dealkylation sites (tertiary alicyclic amines) is 1. The fourth-order valence-corrected chi connectivity index (χ4v) is 6.07. The van der Waals surface area contributed by atoms with Gasteiger partial charge in [0.15, 0.2) is 0 Å². The average Bonchev–Trinajstić information content (AvgIpc) is 3.14. The summed E-state index contributed by atoms with van der Waals surface area (Å²) in [5, 5.41) is 0.962. The van der Waals surface area contributed by atoms with Gasteiger partial charge in [0.25, 0.3) is 0 Å². The molecule has 2 aliphatic heterocycles. The molecular formula is C28H34BrN3O3. The Hall–Kier alpha value is -2.35. The summed E-state index contributed by atoms with van der Waals surface area (Å²) >= 11 is 3.77. The van der Waals surface area contributed by atoms with Gasteiger partial charge in [-0.2, -0.15) is 0 Å². The summed E-state index contributed by atoms with van der Waals surface area (Å²) in [6.45, 7) is 8.21. The molecular weight excluding hydrogens is 506 g/mol. The summed E-state index contributed by atoms with van der Waals surface area (Å²) in [4.78, 5) is 18.2. The maximum atomic E-state index is 13.6. The van der Waals surface area contributed by atoms with E-state index in [9.17, 15) is 4.79 Å². The first kappa shape index (κ1) is 24.3. The summed E-state index contributed by atoms with van der Waals surface area (Å²) in [5.74, 6) is 0.581. The van der Waals surface area contributed by atoms with Gasteiger partial charge in [0.1, 0.15) is 12.5 Å². The quantitative estimate of drug-likeness (QED) is 0.371. The van der Waals surface area contributed by atoms with Gasteiger partial charge in [0, 0.05) is 42.3 Å². The molecule has 1 aromatic heterocycles. The number of nitrogens with zero attached hydrogens (tertiary/aromatic N) is 3. The van der Waals surface area contributed by atoms with Crippen molar-refractivity contribution in [1.82, 2.24) is 14.4 Å². The van der Waals surface area contributed by atoms with Gasteiger partial charge in [-0.05, 0) is 67.8 Å². The van der Waals surface area contributed by atoms with Gasteiger partial charge < -0.3 is 14.0 Å². The third-order valence-corrected chi connectivity index (χ3v) is 7.87. The van der Waals surface area contributed by atoms with E-state index >= 15 is 0 Å². The predicted octanol–water partition coefficient (Wildman–Crippen LogP) is 5.78. The topological polar surface area (TPSA) is 46.9 Å². The zero-order valence-electron chi connectivity index (χ0n) is 20.8. The lowest BCUT2D eigenvalue weighted by molar-refractivity contribution is 0.0523. The summed E-state index contributed by atoms with van der Waals surface area (Å²) in [6.07, 6.45) is 3.64. The number of piperidine rings is 1. The number of rotatable bonds is 6. The number of carbonyl (C=O) groups is 1. The number of ether oxygens (including phenoxy) is 2. The van der Waals surface area contributed by atoms with Crippen LogP contribution in [0.15, 0.2) is 40.9 Å². The van der Waals surface area contributed by atoms with Gasteiger partial charge in [-0.1, -0.05) is 36.8 Å². The second-order valence-corrected chi connectivity index (χ2v) is 10.6. The van der Waals surface area contributed by atoms with E-state index in [1.807, 2.05) is 20.0 Å². The average molecular weight is 541 g/mol. The number of esters is 1. The highest BCUT2D eigenvalue weighted by atomic mass is 79.9. The highest BCUT2D eigenvalue weighted by Crippen LogP contribution is 2.43. The molecule has 1 fully saturated rings. The molecule has 0 N–H and O–H groups in total. The molecule has 0 aliphatic carbocycles. The highest BCUT2D eigenvalue weighted by molar-refractivity contribution is 9.10. The number of halogens is 1. The first-order valence-corrected chi connectivity index (χ1v) is 13.4.